The molecule has 0 radical (unpaired) electrons. The zero-order valence-electron chi connectivity index (χ0n) is 19.8. The van der Waals surface area contributed by atoms with Gasteiger partial charge in [-0.15, -0.1) is 0 Å². The van der Waals surface area contributed by atoms with Gasteiger partial charge in [-0.05, 0) is 84.8 Å². The Morgan fingerprint density at radius 1 is 0.844 bits per heavy atom. The van der Waals surface area contributed by atoms with E-state index in [4.69, 9.17) is 14.2 Å². The number of methoxy groups -OCH3 is 1. The normalized spacial score (nSPS) is 11.4. The van der Waals surface area contributed by atoms with Crippen molar-refractivity contribution in [2.45, 2.75) is 52.9 Å². The Balaban J connectivity index is 1.81. The highest BCUT2D eigenvalue weighted by Crippen LogP contribution is 2.33. The first kappa shape index (κ1) is 23.8. The molecule has 3 aromatic carbocycles. The lowest BCUT2D eigenvalue weighted by molar-refractivity contribution is 0.0412. The molecular weight excluding hydrogens is 400 g/mol. The Hall–Kier alpha value is -2.82. The van der Waals surface area contributed by atoms with Crippen molar-refractivity contribution in [3.05, 3.63) is 82.9 Å². The number of ether oxygens (including phenoxy) is 3. The van der Waals surface area contributed by atoms with Gasteiger partial charge in [-0.1, -0.05) is 43.3 Å². The molecule has 0 aliphatic rings. The Kier molecular flexibility index (Phi) is 7.94. The maximum atomic E-state index is 9.51. The molecule has 0 atom stereocenters. The van der Waals surface area contributed by atoms with Crippen LogP contribution in [0.15, 0.2) is 60.7 Å². The van der Waals surface area contributed by atoms with Crippen LogP contribution in [0, 0.1) is 6.92 Å². The number of benzene rings is 3. The van der Waals surface area contributed by atoms with Crippen LogP contribution in [0.3, 0.4) is 0 Å². The summed E-state index contributed by atoms with van der Waals surface area (Å²) < 4.78 is 17.2. The summed E-state index contributed by atoms with van der Waals surface area (Å²) >= 11 is 0. The SMILES string of the molecule is CCc1cc(OC(C)(C)CO)ccc1-c1cccc(COc2ccc(COC)cc2)c1C. The van der Waals surface area contributed by atoms with Crippen LogP contribution in [0.4, 0.5) is 0 Å². The Labute approximate surface area is 191 Å². The van der Waals surface area contributed by atoms with E-state index >= 15 is 0 Å². The summed E-state index contributed by atoms with van der Waals surface area (Å²) in [5.74, 6) is 1.62. The molecule has 4 nitrogen and oxygen atoms in total. The van der Waals surface area contributed by atoms with Crippen molar-refractivity contribution >= 4 is 0 Å². The molecule has 0 unspecified atom stereocenters. The number of aliphatic hydroxyl groups excluding tert-OH is 1. The molecule has 0 fully saturated rings. The number of rotatable bonds is 10. The molecule has 1 N–H and O–H groups in total. The first-order valence-electron chi connectivity index (χ1n) is 11.1. The predicted octanol–water partition coefficient (Wildman–Crippen LogP) is 6.10. The molecule has 0 saturated carbocycles. The molecular formula is C28H34O4. The van der Waals surface area contributed by atoms with E-state index in [9.17, 15) is 5.11 Å². The highest BCUT2D eigenvalue weighted by Gasteiger charge is 2.19. The van der Waals surface area contributed by atoms with Crippen molar-refractivity contribution in [3.63, 3.8) is 0 Å². The molecule has 0 aliphatic carbocycles. The van der Waals surface area contributed by atoms with Gasteiger partial charge >= 0.3 is 0 Å². The minimum atomic E-state index is -0.610. The van der Waals surface area contributed by atoms with Crippen molar-refractivity contribution < 1.29 is 19.3 Å². The van der Waals surface area contributed by atoms with Gasteiger partial charge in [0.05, 0.1) is 13.2 Å². The highest BCUT2D eigenvalue weighted by molar-refractivity contribution is 5.72. The van der Waals surface area contributed by atoms with Crippen molar-refractivity contribution in [1.29, 1.82) is 0 Å². The summed E-state index contributed by atoms with van der Waals surface area (Å²) in [5, 5.41) is 9.51. The van der Waals surface area contributed by atoms with Crippen molar-refractivity contribution in [3.8, 4) is 22.6 Å². The molecule has 0 amide bonds. The van der Waals surface area contributed by atoms with Gasteiger partial charge in [0.2, 0.25) is 0 Å². The van der Waals surface area contributed by atoms with E-state index in [2.05, 4.69) is 44.2 Å². The topological polar surface area (TPSA) is 47.9 Å². The highest BCUT2D eigenvalue weighted by atomic mass is 16.5. The Morgan fingerprint density at radius 3 is 2.22 bits per heavy atom. The maximum Gasteiger partial charge on any atom is 0.126 e. The minimum Gasteiger partial charge on any atom is -0.489 e. The van der Waals surface area contributed by atoms with Crippen molar-refractivity contribution in [2.24, 2.45) is 0 Å². The van der Waals surface area contributed by atoms with E-state index in [1.165, 1.54) is 22.3 Å². The molecule has 170 valence electrons. The summed E-state index contributed by atoms with van der Waals surface area (Å²) in [6.45, 7) is 9.13. The molecule has 0 spiro atoms. The van der Waals surface area contributed by atoms with Crippen LogP contribution >= 0.6 is 0 Å². The minimum absolute atomic E-state index is 0.0352. The average molecular weight is 435 g/mol. The first-order valence-corrected chi connectivity index (χ1v) is 11.1. The molecule has 0 aromatic heterocycles. The van der Waals surface area contributed by atoms with Gasteiger partial charge in [0.25, 0.3) is 0 Å². The van der Waals surface area contributed by atoms with E-state index < -0.39 is 5.60 Å². The summed E-state index contributed by atoms with van der Waals surface area (Å²) in [6.07, 6.45) is 0.889. The zero-order valence-corrected chi connectivity index (χ0v) is 19.8. The van der Waals surface area contributed by atoms with E-state index in [0.717, 1.165) is 29.0 Å². The first-order chi connectivity index (χ1) is 15.4. The van der Waals surface area contributed by atoms with Gasteiger partial charge in [-0.2, -0.15) is 0 Å². The second-order valence-corrected chi connectivity index (χ2v) is 8.65. The van der Waals surface area contributed by atoms with Crippen LogP contribution in [0.25, 0.3) is 11.1 Å². The molecule has 0 aliphatic heterocycles. The van der Waals surface area contributed by atoms with Gasteiger partial charge in [0.15, 0.2) is 0 Å². The lowest BCUT2D eigenvalue weighted by Gasteiger charge is -2.25. The molecule has 4 heteroatoms. The zero-order chi connectivity index (χ0) is 23.1. The molecule has 3 rings (SSSR count). The summed E-state index contributed by atoms with van der Waals surface area (Å²) in [6, 6.07) is 20.5. The van der Waals surface area contributed by atoms with E-state index in [0.29, 0.717) is 13.2 Å². The van der Waals surface area contributed by atoms with E-state index in [1.807, 2.05) is 44.2 Å². The number of hydrogen-bond donors (Lipinski definition) is 1. The van der Waals surface area contributed by atoms with Crippen LogP contribution < -0.4 is 9.47 Å². The third kappa shape index (κ3) is 5.90. The van der Waals surface area contributed by atoms with Gasteiger partial charge in [0.1, 0.15) is 23.7 Å². The number of aliphatic hydroxyl groups is 1. The van der Waals surface area contributed by atoms with Crippen molar-refractivity contribution in [2.75, 3.05) is 13.7 Å². The maximum absolute atomic E-state index is 9.51. The van der Waals surface area contributed by atoms with E-state index in [-0.39, 0.29) is 6.61 Å². The molecule has 0 saturated heterocycles. The summed E-state index contributed by atoms with van der Waals surface area (Å²) in [5.41, 5.74) is 6.50. The lowest BCUT2D eigenvalue weighted by Crippen LogP contribution is -2.32. The summed E-state index contributed by atoms with van der Waals surface area (Å²) in [7, 11) is 1.70. The molecule has 32 heavy (non-hydrogen) atoms. The van der Waals surface area contributed by atoms with Crippen LogP contribution in [-0.4, -0.2) is 24.4 Å². The van der Waals surface area contributed by atoms with Gasteiger partial charge in [0, 0.05) is 7.11 Å². The average Bonchev–Trinajstić information content (AvgIpc) is 2.79. The summed E-state index contributed by atoms with van der Waals surface area (Å²) in [4.78, 5) is 0. The number of aryl methyl sites for hydroxylation is 1. The quantitative estimate of drug-likeness (QED) is 0.419. The standard InChI is InChI=1S/C28H34O4/c1-6-22-16-25(32-28(3,4)19-29)14-15-27(22)26-9-7-8-23(20(26)2)18-31-24-12-10-21(11-13-24)17-30-5/h7-16,29H,6,17-19H2,1-5H3. The fourth-order valence-electron chi connectivity index (χ4n) is 3.68. The van der Waals surface area contributed by atoms with Crippen molar-refractivity contribution in [1.82, 2.24) is 0 Å². The van der Waals surface area contributed by atoms with Gasteiger partial charge in [-0.3, -0.25) is 0 Å². The molecule has 0 heterocycles. The molecule has 0 bridgehead atoms. The molecule has 3 aromatic rings. The van der Waals surface area contributed by atoms with Gasteiger partial charge in [-0.25, -0.2) is 0 Å². The number of hydrogen-bond acceptors (Lipinski definition) is 4. The van der Waals surface area contributed by atoms with Crippen LogP contribution in [-0.2, 0) is 24.4 Å². The fourth-order valence-corrected chi connectivity index (χ4v) is 3.68. The van der Waals surface area contributed by atoms with E-state index in [1.54, 1.807) is 7.11 Å². The third-order valence-corrected chi connectivity index (χ3v) is 5.60. The Bertz CT molecular complexity index is 1020. The van der Waals surface area contributed by atoms with Crippen LogP contribution in [0.5, 0.6) is 11.5 Å². The fraction of sp³-hybridized carbons (Fsp3) is 0.357. The van der Waals surface area contributed by atoms with Crippen LogP contribution in [0.1, 0.15) is 43.0 Å². The lowest BCUT2D eigenvalue weighted by atomic mass is 9.92. The largest absolute Gasteiger partial charge is 0.489 e. The second-order valence-electron chi connectivity index (χ2n) is 8.65. The third-order valence-electron chi connectivity index (χ3n) is 5.60. The van der Waals surface area contributed by atoms with Gasteiger partial charge < -0.3 is 19.3 Å². The van der Waals surface area contributed by atoms with Crippen LogP contribution in [0.2, 0.25) is 0 Å². The second kappa shape index (κ2) is 10.7. The predicted molar refractivity (Wildman–Crippen MR) is 129 cm³/mol. The monoisotopic (exact) mass is 434 g/mol. The smallest absolute Gasteiger partial charge is 0.126 e. The Morgan fingerprint density at radius 2 is 1.56 bits per heavy atom.